The second-order valence-corrected chi connectivity index (χ2v) is 4.71. The van der Waals surface area contributed by atoms with Crippen molar-refractivity contribution in [1.29, 1.82) is 0 Å². The molecule has 0 bridgehead atoms. The average Bonchev–Trinajstić information content (AvgIpc) is 2.56. The Balaban J connectivity index is 2.19. The first-order valence-electron chi connectivity index (χ1n) is 4.14. The monoisotopic (exact) mass is 225 g/mol. The highest BCUT2D eigenvalue weighted by Crippen LogP contribution is 2.21. The van der Waals surface area contributed by atoms with E-state index in [9.17, 15) is 4.79 Å². The number of thiophene rings is 1. The largest absolute Gasteiger partial charge is 0.349 e. The van der Waals surface area contributed by atoms with Crippen LogP contribution in [0.1, 0.15) is 4.88 Å². The molecule has 0 N–H and O–H groups in total. The van der Waals surface area contributed by atoms with Gasteiger partial charge in [0.05, 0.1) is 10.9 Å². The minimum absolute atomic E-state index is 0.0328. The summed E-state index contributed by atoms with van der Waals surface area (Å²) in [6.45, 7) is 0.762. The minimum atomic E-state index is 0.0328. The van der Waals surface area contributed by atoms with Gasteiger partial charge >= 0.3 is 0 Å². The van der Waals surface area contributed by atoms with Crippen molar-refractivity contribution in [2.24, 2.45) is 0 Å². The number of rotatable bonds is 2. The zero-order valence-corrected chi connectivity index (χ0v) is 8.89. The fourth-order valence-electron chi connectivity index (χ4n) is 1.17. The van der Waals surface area contributed by atoms with Crippen LogP contribution in [0.5, 0.6) is 0 Å². The van der Waals surface area contributed by atoms with Crippen LogP contribution in [0.3, 0.4) is 0 Å². The van der Waals surface area contributed by atoms with Crippen LogP contribution in [0, 0.1) is 0 Å². The number of hydrogen-bond donors (Lipinski definition) is 0. The van der Waals surface area contributed by atoms with E-state index in [4.69, 9.17) is 11.6 Å². The van der Waals surface area contributed by atoms with Gasteiger partial charge in [0.2, 0.25) is 0 Å². The molecule has 72 valence electrons. The first kappa shape index (κ1) is 9.49. The highest BCUT2D eigenvalue weighted by Gasteiger charge is 1.97. The average molecular weight is 226 g/mol. The molecule has 2 aromatic heterocycles. The SMILES string of the molecule is O=c1ccn(Cc2ccc(Cl)s2)cc1. The summed E-state index contributed by atoms with van der Waals surface area (Å²) in [5.41, 5.74) is 0.0328. The third kappa shape index (κ3) is 2.25. The molecular formula is C10H8ClNOS. The lowest BCUT2D eigenvalue weighted by molar-refractivity contribution is 0.801. The highest BCUT2D eigenvalue weighted by molar-refractivity contribution is 7.16. The lowest BCUT2D eigenvalue weighted by Gasteiger charge is -2.02. The zero-order chi connectivity index (χ0) is 9.97. The van der Waals surface area contributed by atoms with Gasteiger partial charge in [-0.3, -0.25) is 4.79 Å². The second kappa shape index (κ2) is 3.98. The van der Waals surface area contributed by atoms with Crippen LogP contribution in [-0.2, 0) is 6.54 Å². The first-order chi connectivity index (χ1) is 6.74. The van der Waals surface area contributed by atoms with Crippen molar-refractivity contribution >= 4 is 22.9 Å². The summed E-state index contributed by atoms with van der Waals surface area (Å²) in [7, 11) is 0. The van der Waals surface area contributed by atoms with Crippen molar-refractivity contribution in [3.63, 3.8) is 0 Å². The van der Waals surface area contributed by atoms with Gasteiger partial charge in [-0.05, 0) is 12.1 Å². The Morgan fingerprint density at radius 1 is 1.21 bits per heavy atom. The lowest BCUT2D eigenvalue weighted by Crippen LogP contribution is -2.03. The van der Waals surface area contributed by atoms with E-state index >= 15 is 0 Å². The Morgan fingerprint density at radius 2 is 1.93 bits per heavy atom. The maximum absolute atomic E-state index is 10.8. The Kier molecular flexibility index (Phi) is 2.70. The number of aromatic nitrogens is 1. The summed E-state index contributed by atoms with van der Waals surface area (Å²) < 4.78 is 2.74. The van der Waals surface area contributed by atoms with Gasteiger partial charge in [-0.2, -0.15) is 0 Å². The van der Waals surface area contributed by atoms with Crippen molar-refractivity contribution in [2.45, 2.75) is 6.54 Å². The molecule has 0 fully saturated rings. The summed E-state index contributed by atoms with van der Waals surface area (Å²) >= 11 is 7.36. The van der Waals surface area contributed by atoms with Gasteiger partial charge in [0.25, 0.3) is 0 Å². The molecule has 0 aliphatic carbocycles. The molecule has 0 saturated carbocycles. The smallest absolute Gasteiger partial charge is 0.181 e. The molecule has 4 heteroatoms. The normalized spacial score (nSPS) is 10.4. The molecule has 0 aliphatic rings. The number of pyridine rings is 1. The minimum Gasteiger partial charge on any atom is -0.349 e. The molecule has 0 spiro atoms. The van der Waals surface area contributed by atoms with Crippen molar-refractivity contribution in [3.8, 4) is 0 Å². The van der Waals surface area contributed by atoms with Crippen molar-refractivity contribution in [2.75, 3.05) is 0 Å². The van der Waals surface area contributed by atoms with E-state index in [-0.39, 0.29) is 5.43 Å². The number of hydrogen-bond acceptors (Lipinski definition) is 2. The predicted molar refractivity (Wildman–Crippen MR) is 59.1 cm³/mol. The third-order valence-corrected chi connectivity index (χ3v) is 3.04. The van der Waals surface area contributed by atoms with E-state index in [1.54, 1.807) is 35.9 Å². The van der Waals surface area contributed by atoms with E-state index in [1.807, 2.05) is 16.7 Å². The van der Waals surface area contributed by atoms with Crippen LogP contribution in [-0.4, -0.2) is 4.57 Å². The Bertz CT molecular complexity index is 468. The molecule has 0 atom stereocenters. The standard InChI is InChI=1S/C10H8ClNOS/c11-10-2-1-9(14-10)7-12-5-3-8(13)4-6-12/h1-6H,7H2. The molecule has 2 heterocycles. The van der Waals surface area contributed by atoms with Crippen LogP contribution in [0.2, 0.25) is 4.34 Å². The summed E-state index contributed by atoms with van der Waals surface area (Å²) in [5.74, 6) is 0. The molecule has 2 aromatic rings. The van der Waals surface area contributed by atoms with E-state index in [0.29, 0.717) is 0 Å². The Labute approximate surface area is 90.4 Å². The molecular weight excluding hydrogens is 218 g/mol. The van der Waals surface area contributed by atoms with E-state index in [2.05, 4.69) is 0 Å². The van der Waals surface area contributed by atoms with Gasteiger partial charge in [0.15, 0.2) is 5.43 Å². The molecule has 0 amide bonds. The Hall–Kier alpha value is -1.06. The molecule has 0 aliphatic heterocycles. The van der Waals surface area contributed by atoms with Gasteiger partial charge in [0, 0.05) is 29.4 Å². The van der Waals surface area contributed by atoms with Crippen LogP contribution in [0.15, 0.2) is 41.5 Å². The van der Waals surface area contributed by atoms with Crippen LogP contribution in [0.25, 0.3) is 0 Å². The Morgan fingerprint density at radius 3 is 2.50 bits per heavy atom. The molecule has 0 radical (unpaired) electrons. The van der Waals surface area contributed by atoms with Gasteiger partial charge < -0.3 is 4.57 Å². The highest BCUT2D eigenvalue weighted by atomic mass is 35.5. The van der Waals surface area contributed by atoms with Crippen molar-refractivity contribution in [3.05, 3.63) is 56.1 Å². The van der Waals surface area contributed by atoms with Gasteiger partial charge in [-0.1, -0.05) is 11.6 Å². The number of halogens is 1. The molecule has 0 aromatic carbocycles. The summed E-state index contributed by atoms with van der Waals surface area (Å²) in [5, 5.41) is 0. The van der Waals surface area contributed by atoms with Crippen LogP contribution >= 0.6 is 22.9 Å². The van der Waals surface area contributed by atoms with Crippen molar-refractivity contribution < 1.29 is 0 Å². The zero-order valence-electron chi connectivity index (χ0n) is 7.31. The molecule has 2 nitrogen and oxygen atoms in total. The summed E-state index contributed by atoms with van der Waals surface area (Å²) in [4.78, 5) is 12.0. The topological polar surface area (TPSA) is 22.0 Å². The lowest BCUT2D eigenvalue weighted by atomic mass is 10.4. The molecule has 0 unspecified atom stereocenters. The van der Waals surface area contributed by atoms with Crippen LogP contribution < -0.4 is 5.43 Å². The van der Waals surface area contributed by atoms with E-state index in [1.165, 1.54) is 4.88 Å². The van der Waals surface area contributed by atoms with Crippen LogP contribution in [0.4, 0.5) is 0 Å². The first-order valence-corrected chi connectivity index (χ1v) is 5.34. The molecule has 0 saturated heterocycles. The fourth-order valence-corrected chi connectivity index (χ4v) is 2.26. The van der Waals surface area contributed by atoms with Gasteiger partial charge in [-0.15, -0.1) is 11.3 Å². The maximum Gasteiger partial charge on any atom is 0.181 e. The van der Waals surface area contributed by atoms with Crippen molar-refractivity contribution in [1.82, 2.24) is 4.57 Å². The van der Waals surface area contributed by atoms with E-state index < -0.39 is 0 Å². The predicted octanol–water partition coefficient (Wildman–Crippen LogP) is 2.61. The fraction of sp³-hybridized carbons (Fsp3) is 0.100. The molecule has 14 heavy (non-hydrogen) atoms. The van der Waals surface area contributed by atoms with E-state index in [0.717, 1.165) is 10.9 Å². The number of nitrogens with zero attached hydrogens (tertiary/aromatic N) is 1. The summed E-state index contributed by atoms with van der Waals surface area (Å²) in [6, 6.07) is 6.97. The van der Waals surface area contributed by atoms with Gasteiger partial charge in [0.1, 0.15) is 0 Å². The third-order valence-electron chi connectivity index (χ3n) is 1.83. The summed E-state index contributed by atoms with van der Waals surface area (Å²) in [6.07, 6.45) is 3.55. The quantitative estimate of drug-likeness (QED) is 0.770. The second-order valence-electron chi connectivity index (χ2n) is 2.91. The molecule has 2 rings (SSSR count). The maximum atomic E-state index is 10.8. The van der Waals surface area contributed by atoms with Gasteiger partial charge in [-0.25, -0.2) is 0 Å².